The molecule has 0 aliphatic rings. The lowest BCUT2D eigenvalue weighted by Crippen LogP contribution is -2.14. The molecule has 0 bridgehead atoms. The Morgan fingerprint density at radius 1 is 1.29 bits per heavy atom. The summed E-state index contributed by atoms with van der Waals surface area (Å²) >= 11 is 12.1. The minimum absolute atomic E-state index is 0.115. The second kappa shape index (κ2) is 5.35. The van der Waals surface area contributed by atoms with Crippen molar-refractivity contribution in [2.24, 2.45) is 0 Å². The SMILES string of the molecule is Cc1c(C(C)(C)C)nn(-c2ccc(Cl)cc2Cl)c1C(=O)O. The summed E-state index contributed by atoms with van der Waals surface area (Å²) in [5.74, 6) is -1.04. The number of aromatic nitrogens is 2. The van der Waals surface area contributed by atoms with Gasteiger partial charge in [0.25, 0.3) is 0 Å². The topological polar surface area (TPSA) is 55.1 Å². The predicted molar refractivity (Wildman–Crippen MR) is 84.0 cm³/mol. The third kappa shape index (κ3) is 2.92. The van der Waals surface area contributed by atoms with Crippen LogP contribution in [0.4, 0.5) is 0 Å². The van der Waals surface area contributed by atoms with Gasteiger partial charge in [0.2, 0.25) is 0 Å². The van der Waals surface area contributed by atoms with Gasteiger partial charge in [0.1, 0.15) is 0 Å². The molecule has 0 aliphatic carbocycles. The van der Waals surface area contributed by atoms with Gasteiger partial charge in [-0.15, -0.1) is 0 Å². The molecule has 1 aromatic carbocycles. The Labute approximate surface area is 133 Å². The number of carboxylic acid groups (broad SMARTS) is 1. The lowest BCUT2D eigenvalue weighted by molar-refractivity contribution is 0.0686. The standard InChI is InChI=1S/C15H16Cl2N2O2/c1-8-12(14(20)21)19(18-13(8)15(2,3)4)11-6-5-9(16)7-10(11)17/h5-7H,1-4H3,(H,20,21). The van der Waals surface area contributed by atoms with Gasteiger partial charge in [-0.1, -0.05) is 44.0 Å². The van der Waals surface area contributed by atoms with Crippen LogP contribution in [0.3, 0.4) is 0 Å². The number of hydrogen-bond acceptors (Lipinski definition) is 2. The van der Waals surface area contributed by atoms with E-state index in [2.05, 4.69) is 5.10 Å². The van der Waals surface area contributed by atoms with Crippen molar-refractivity contribution < 1.29 is 9.90 Å². The van der Waals surface area contributed by atoms with Crippen LogP contribution < -0.4 is 0 Å². The van der Waals surface area contributed by atoms with Gasteiger partial charge < -0.3 is 5.11 Å². The summed E-state index contributed by atoms with van der Waals surface area (Å²) in [6, 6.07) is 4.88. The number of halogens is 2. The Hall–Kier alpha value is -1.52. The summed E-state index contributed by atoms with van der Waals surface area (Å²) in [5, 5.41) is 14.8. The van der Waals surface area contributed by atoms with Crippen molar-refractivity contribution in [2.45, 2.75) is 33.1 Å². The van der Waals surface area contributed by atoms with Gasteiger partial charge in [0, 0.05) is 16.0 Å². The lowest BCUT2D eigenvalue weighted by Gasteiger charge is -2.16. The average Bonchev–Trinajstić information content (AvgIpc) is 2.66. The van der Waals surface area contributed by atoms with Gasteiger partial charge >= 0.3 is 5.97 Å². The molecule has 1 heterocycles. The number of rotatable bonds is 2. The number of carbonyl (C=O) groups is 1. The zero-order valence-corrected chi connectivity index (χ0v) is 13.7. The highest BCUT2D eigenvalue weighted by Gasteiger charge is 2.28. The molecule has 0 saturated carbocycles. The fourth-order valence-electron chi connectivity index (χ4n) is 2.29. The van der Waals surface area contributed by atoms with E-state index < -0.39 is 5.97 Å². The minimum Gasteiger partial charge on any atom is -0.477 e. The number of nitrogens with zero attached hydrogens (tertiary/aromatic N) is 2. The Kier molecular flexibility index (Phi) is 4.04. The highest BCUT2D eigenvalue weighted by atomic mass is 35.5. The zero-order valence-electron chi connectivity index (χ0n) is 12.2. The molecule has 2 rings (SSSR count). The van der Waals surface area contributed by atoms with E-state index in [4.69, 9.17) is 23.2 Å². The number of carboxylic acids is 1. The number of aromatic carboxylic acids is 1. The first kappa shape index (κ1) is 15.9. The fraction of sp³-hybridized carbons (Fsp3) is 0.333. The summed E-state index contributed by atoms with van der Waals surface area (Å²) < 4.78 is 1.37. The van der Waals surface area contributed by atoms with Gasteiger partial charge in [-0.05, 0) is 25.1 Å². The van der Waals surface area contributed by atoms with E-state index in [0.717, 1.165) is 5.69 Å². The average molecular weight is 327 g/mol. The molecule has 112 valence electrons. The van der Waals surface area contributed by atoms with Gasteiger partial charge in [-0.3, -0.25) is 0 Å². The number of benzene rings is 1. The molecule has 1 N–H and O–H groups in total. The Morgan fingerprint density at radius 2 is 1.90 bits per heavy atom. The maximum atomic E-state index is 11.6. The summed E-state index contributed by atoms with van der Waals surface area (Å²) in [5.41, 5.74) is 1.71. The zero-order chi connectivity index (χ0) is 15.9. The molecule has 0 unspecified atom stereocenters. The molecular formula is C15H16Cl2N2O2. The predicted octanol–water partition coefficient (Wildman–Crippen LogP) is 4.48. The van der Waals surface area contributed by atoms with E-state index in [1.165, 1.54) is 4.68 Å². The van der Waals surface area contributed by atoms with Crippen molar-refractivity contribution >= 4 is 29.2 Å². The van der Waals surface area contributed by atoms with E-state index in [1.54, 1.807) is 25.1 Å². The third-order valence-corrected chi connectivity index (χ3v) is 3.71. The van der Waals surface area contributed by atoms with Crippen LogP contribution in [-0.2, 0) is 5.41 Å². The Morgan fingerprint density at radius 3 is 2.38 bits per heavy atom. The Balaban J connectivity index is 2.77. The van der Waals surface area contributed by atoms with Crippen molar-refractivity contribution in [1.29, 1.82) is 0 Å². The van der Waals surface area contributed by atoms with Crippen molar-refractivity contribution in [3.05, 3.63) is 45.2 Å². The lowest BCUT2D eigenvalue weighted by atomic mass is 9.89. The molecule has 0 saturated heterocycles. The smallest absolute Gasteiger partial charge is 0.354 e. The van der Waals surface area contributed by atoms with Gasteiger partial charge in [0.05, 0.1) is 16.4 Å². The van der Waals surface area contributed by atoms with Crippen molar-refractivity contribution in [2.75, 3.05) is 0 Å². The fourth-order valence-corrected chi connectivity index (χ4v) is 2.78. The van der Waals surface area contributed by atoms with Crippen LogP contribution in [0.5, 0.6) is 0 Å². The van der Waals surface area contributed by atoms with Gasteiger partial charge in [0.15, 0.2) is 5.69 Å². The van der Waals surface area contributed by atoms with Crippen LogP contribution in [0.2, 0.25) is 10.0 Å². The number of hydrogen-bond donors (Lipinski definition) is 1. The first-order valence-corrected chi connectivity index (χ1v) is 7.17. The summed E-state index contributed by atoms with van der Waals surface area (Å²) in [4.78, 5) is 11.6. The summed E-state index contributed by atoms with van der Waals surface area (Å²) in [6.07, 6.45) is 0. The quantitative estimate of drug-likeness (QED) is 0.884. The van der Waals surface area contributed by atoms with Gasteiger partial charge in [-0.25, -0.2) is 9.48 Å². The second-order valence-corrected chi connectivity index (χ2v) is 6.73. The molecule has 0 spiro atoms. The van der Waals surface area contributed by atoms with Crippen LogP contribution in [0, 0.1) is 6.92 Å². The first-order valence-electron chi connectivity index (χ1n) is 6.41. The monoisotopic (exact) mass is 326 g/mol. The second-order valence-electron chi connectivity index (χ2n) is 5.88. The van der Waals surface area contributed by atoms with Crippen LogP contribution in [0.15, 0.2) is 18.2 Å². The molecule has 21 heavy (non-hydrogen) atoms. The molecule has 0 amide bonds. The minimum atomic E-state index is -1.04. The largest absolute Gasteiger partial charge is 0.477 e. The molecule has 0 radical (unpaired) electrons. The van der Waals surface area contributed by atoms with Gasteiger partial charge in [-0.2, -0.15) is 5.10 Å². The molecule has 0 aliphatic heterocycles. The first-order chi connectivity index (χ1) is 9.62. The highest BCUT2D eigenvalue weighted by Crippen LogP contribution is 2.31. The molecule has 0 atom stereocenters. The van der Waals surface area contributed by atoms with E-state index in [9.17, 15) is 9.90 Å². The van der Waals surface area contributed by atoms with E-state index >= 15 is 0 Å². The maximum absolute atomic E-state index is 11.6. The molecule has 2 aromatic rings. The maximum Gasteiger partial charge on any atom is 0.354 e. The van der Waals surface area contributed by atoms with Crippen LogP contribution in [0.1, 0.15) is 42.5 Å². The molecular weight excluding hydrogens is 311 g/mol. The van der Waals surface area contributed by atoms with E-state index in [0.29, 0.717) is 21.3 Å². The van der Waals surface area contributed by atoms with Crippen LogP contribution in [-0.4, -0.2) is 20.9 Å². The normalized spacial score (nSPS) is 11.7. The third-order valence-electron chi connectivity index (χ3n) is 3.17. The van der Waals surface area contributed by atoms with Crippen molar-refractivity contribution in [3.63, 3.8) is 0 Å². The van der Waals surface area contributed by atoms with Crippen LogP contribution >= 0.6 is 23.2 Å². The molecule has 4 nitrogen and oxygen atoms in total. The van der Waals surface area contributed by atoms with Crippen LogP contribution in [0.25, 0.3) is 5.69 Å². The molecule has 0 fully saturated rings. The highest BCUT2D eigenvalue weighted by molar-refractivity contribution is 6.35. The molecule has 1 aromatic heterocycles. The summed E-state index contributed by atoms with van der Waals surface area (Å²) in [7, 11) is 0. The van der Waals surface area contributed by atoms with Crippen molar-refractivity contribution in [3.8, 4) is 5.69 Å². The van der Waals surface area contributed by atoms with E-state index in [-0.39, 0.29) is 11.1 Å². The molecule has 6 heteroatoms. The summed E-state index contributed by atoms with van der Waals surface area (Å²) in [6.45, 7) is 7.72. The van der Waals surface area contributed by atoms with E-state index in [1.807, 2.05) is 20.8 Å². The Bertz CT molecular complexity index is 715. The van der Waals surface area contributed by atoms with Crippen molar-refractivity contribution in [1.82, 2.24) is 9.78 Å².